The van der Waals surface area contributed by atoms with Gasteiger partial charge in [0.05, 0.1) is 6.10 Å². The van der Waals surface area contributed by atoms with Gasteiger partial charge in [0.25, 0.3) is 5.91 Å². The summed E-state index contributed by atoms with van der Waals surface area (Å²) in [6.45, 7) is 1.03. The molecule has 2 aromatic carbocycles. The van der Waals surface area contributed by atoms with Crippen molar-refractivity contribution >= 4 is 38.5 Å². The number of rotatable bonds is 4. The van der Waals surface area contributed by atoms with Crippen LogP contribution in [-0.4, -0.2) is 25.2 Å². The van der Waals surface area contributed by atoms with Crippen molar-refractivity contribution in [1.29, 1.82) is 0 Å². The molecule has 1 atom stereocenters. The standard InChI is InChI=1S/C21H17BrF2N2O3/c22-13-3-6-19-12(8-13)9-16(20(27)25-11-15-2-1-7-28-15)21(29-19)26-18-10-14(23)4-5-17(18)24/h3-6,8-10,15H,1-2,7,11H2,(H,25,27)/t15-/m0/s1. The van der Waals surface area contributed by atoms with E-state index in [0.29, 0.717) is 24.1 Å². The van der Waals surface area contributed by atoms with Crippen LogP contribution < -0.4 is 10.9 Å². The van der Waals surface area contributed by atoms with Crippen LogP contribution in [0.4, 0.5) is 14.5 Å². The number of nitrogens with one attached hydrogen (secondary N) is 1. The number of ether oxygens (including phenoxy) is 1. The number of halogens is 3. The molecule has 1 aliphatic heterocycles. The van der Waals surface area contributed by atoms with Gasteiger partial charge in [-0.15, -0.1) is 0 Å². The SMILES string of the molecule is O=C(NC[C@@H]1CCCO1)c1cc2cc(Br)ccc2oc1=Nc1cc(F)ccc1F. The fourth-order valence-electron chi connectivity index (χ4n) is 3.14. The first kappa shape index (κ1) is 19.7. The number of hydrogen-bond donors (Lipinski definition) is 1. The van der Waals surface area contributed by atoms with Gasteiger partial charge < -0.3 is 14.5 Å². The average Bonchev–Trinajstić information content (AvgIpc) is 3.22. The Labute approximate surface area is 173 Å². The van der Waals surface area contributed by atoms with Crippen molar-refractivity contribution in [2.75, 3.05) is 13.2 Å². The lowest BCUT2D eigenvalue weighted by molar-refractivity contribution is 0.0854. The molecule has 1 aliphatic rings. The molecule has 29 heavy (non-hydrogen) atoms. The van der Waals surface area contributed by atoms with Gasteiger partial charge in [0.1, 0.15) is 28.5 Å². The molecular weight excluding hydrogens is 446 g/mol. The molecule has 0 radical (unpaired) electrons. The second-order valence-corrected chi connectivity index (χ2v) is 7.62. The van der Waals surface area contributed by atoms with Crippen LogP contribution in [-0.2, 0) is 4.74 Å². The third-order valence-corrected chi connectivity index (χ3v) is 5.09. The Morgan fingerprint density at radius 3 is 2.86 bits per heavy atom. The van der Waals surface area contributed by atoms with Gasteiger partial charge >= 0.3 is 0 Å². The Bertz CT molecular complexity index is 1140. The molecule has 8 heteroatoms. The van der Waals surface area contributed by atoms with Crippen LogP contribution in [0.1, 0.15) is 23.2 Å². The maximum atomic E-state index is 14.1. The van der Waals surface area contributed by atoms with Crippen molar-refractivity contribution in [1.82, 2.24) is 5.32 Å². The van der Waals surface area contributed by atoms with E-state index >= 15 is 0 Å². The number of hydrogen-bond acceptors (Lipinski definition) is 4. The van der Waals surface area contributed by atoms with E-state index < -0.39 is 17.5 Å². The van der Waals surface area contributed by atoms with E-state index in [1.54, 1.807) is 24.3 Å². The maximum absolute atomic E-state index is 14.1. The summed E-state index contributed by atoms with van der Waals surface area (Å²) in [6.07, 6.45) is 1.80. The fraction of sp³-hybridized carbons (Fsp3) is 0.238. The summed E-state index contributed by atoms with van der Waals surface area (Å²) in [5.41, 5.74) is 0.226. The molecular formula is C21H17BrF2N2O3. The Kier molecular flexibility index (Phi) is 5.73. The van der Waals surface area contributed by atoms with Crippen LogP contribution in [0.3, 0.4) is 0 Å². The van der Waals surface area contributed by atoms with Crippen molar-refractivity contribution in [2.24, 2.45) is 4.99 Å². The summed E-state index contributed by atoms with van der Waals surface area (Å²) in [5, 5.41) is 3.48. The van der Waals surface area contributed by atoms with Gasteiger partial charge in [-0.1, -0.05) is 15.9 Å². The first-order chi connectivity index (χ1) is 14.0. The summed E-state index contributed by atoms with van der Waals surface area (Å²) < 4.78 is 39.7. The Hall–Kier alpha value is -2.58. The van der Waals surface area contributed by atoms with Crippen LogP contribution in [0, 0.1) is 11.6 Å². The average molecular weight is 463 g/mol. The highest BCUT2D eigenvalue weighted by atomic mass is 79.9. The number of carbonyl (C=O) groups is 1. The topological polar surface area (TPSA) is 63.8 Å². The number of fused-ring (bicyclic) bond motifs is 1. The molecule has 2 heterocycles. The van der Waals surface area contributed by atoms with E-state index in [-0.39, 0.29) is 22.9 Å². The zero-order valence-corrected chi connectivity index (χ0v) is 16.8. The molecule has 1 fully saturated rings. The minimum absolute atomic E-state index is 0.0356. The van der Waals surface area contributed by atoms with Crippen molar-refractivity contribution < 1.29 is 22.7 Å². The quantitative estimate of drug-likeness (QED) is 0.615. The van der Waals surface area contributed by atoms with E-state index in [1.807, 2.05) is 0 Å². The summed E-state index contributed by atoms with van der Waals surface area (Å²) >= 11 is 3.39. The lowest BCUT2D eigenvalue weighted by Gasteiger charge is -2.11. The molecule has 5 nitrogen and oxygen atoms in total. The number of amides is 1. The third-order valence-electron chi connectivity index (χ3n) is 4.60. The number of carbonyl (C=O) groups excluding carboxylic acids is 1. The smallest absolute Gasteiger partial charge is 0.256 e. The van der Waals surface area contributed by atoms with E-state index in [4.69, 9.17) is 9.15 Å². The predicted molar refractivity (Wildman–Crippen MR) is 107 cm³/mol. The lowest BCUT2D eigenvalue weighted by atomic mass is 10.1. The molecule has 0 unspecified atom stereocenters. The molecule has 1 N–H and O–H groups in total. The van der Waals surface area contributed by atoms with Gasteiger partial charge in [0, 0.05) is 29.1 Å². The van der Waals surface area contributed by atoms with Crippen LogP contribution in [0.5, 0.6) is 0 Å². The van der Waals surface area contributed by atoms with Crippen molar-refractivity contribution in [3.63, 3.8) is 0 Å². The molecule has 1 saturated heterocycles. The monoisotopic (exact) mass is 462 g/mol. The first-order valence-corrected chi connectivity index (χ1v) is 9.92. The second-order valence-electron chi connectivity index (χ2n) is 6.70. The number of nitrogens with zero attached hydrogens (tertiary/aromatic N) is 1. The van der Waals surface area contributed by atoms with Crippen LogP contribution >= 0.6 is 15.9 Å². The van der Waals surface area contributed by atoms with Crippen molar-refractivity contribution in [2.45, 2.75) is 18.9 Å². The minimum atomic E-state index is -0.719. The van der Waals surface area contributed by atoms with E-state index in [9.17, 15) is 13.6 Å². The minimum Gasteiger partial charge on any atom is -0.438 e. The summed E-state index contributed by atoms with van der Waals surface area (Å²) in [5.74, 6) is -1.79. The van der Waals surface area contributed by atoms with E-state index in [0.717, 1.165) is 35.5 Å². The highest BCUT2D eigenvalue weighted by Gasteiger charge is 2.19. The molecule has 1 amide bonds. The van der Waals surface area contributed by atoms with E-state index in [1.165, 1.54) is 0 Å². The molecule has 0 spiro atoms. The predicted octanol–water partition coefficient (Wildman–Crippen LogP) is 4.61. The normalized spacial score (nSPS) is 17.1. The molecule has 0 aliphatic carbocycles. The third kappa shape index (κ3) is 4.54. The van der Waals surface area contributed by atoms with Crippen LogP contribution in [0.2, 0.25) is 0 Å². The van der Waals surface area contributed by atoms with Gasteiger partial charge in [0.15, 0.2) is 0 Å². The molecule has 3 aromatic rings. The molecule has 150 valence electrons. The van der Waals surface area contributed by atoms with Gasteiger partial charge in [-0.05, 0) is 49.2 Å². The highest BCUT2D eigenvalue weighted by Crippen LogP contribution is 2.22. The molecule has 0 bridgehead atoms. The first-order valence-electron chi connectivity index (χ1n) is 9.12. The zero-order valence-electron chi connectivity index (χ0n) is 15.3. The Morgan fingerprint density at radius 2 is 2.07 bits per heavy atom. The van der Waals surface area contributed by atoms with Gasteiger partial charge in [-0.25, -0.2) is 13.8 Å². The molecule has 1 aromatic heterocycles. The highest BCUT2D eigenvalue weighted by molar-refractivity contribution is 9.10. The second kappa shape index (κ2) is 8.42. The summed E-state index contributed by atoms with van der Waals surface area (Å²) in [7, 11) is 0. The zero-order chi connectivity index (χ0) is 20.4. The largest absolute Gasteiger partial charge is 0.438 e. The van der Waals surface area contributed by atoms with Gasteiger partial charge in [0.2, 0.25) is 5.55 Å². The number of benzene rings is 2. The van der Waals surface area contributed by atoms with Gasteiger partial charge in [-0.2, -0.15) is 0 Å². The fourth-order valence-corrected chi connectivity index (χ4v) is 3.51. The Balaban J connectivity index is 1.79. The van der Waals surface area contributed by atoms with E-state index in [2.05, 4.69) is 26.2 Å². The van der Waals surface area contributed by atoms with Gasteiger partial charge in [-0.3, -0.25) is 4.79 Å². The maximum Gasteiger partial charge on any atom is 0.256 e. The van der Waals surface area contributed by atoms with Crippen molar-refractivity contribution in [3.8, 4) is 0 Å². The molecule has 4 rings (SSSR count). The van der Waals surface area contributed by atoms with Crippen LogP contribution in [0.15, 0.2) is 56.3 Å². The Morgan fingerprint density at radius 1 is 1.21 bits per heavy atom. The lowest BCUT2D eigenvalue weighted by Crippen LogP contribution is -2.34. The molecule has 0 saturated carbocycles. The summed E-state index contributed by atoms with van der Waals surface area (Å²) in [4.78, 5) is 16.9. The van der Waals surface area contributed by atoms with Crippen molar-refractivity contribution in [3.05, 3.63) is 69.7 Å². The van der Waals surface area contributed by atoms with Crippen LogP contribution in [0.25, 0.3) is 11.0 Å². The summed E-state index contributed by atoms with van der Waals surface area (Å²) in [6, 6.07) is 9.81.